The highest BCUT2D eigenvalue weighted by atomic mass is 79.9. The van der Waals surface area contributed by atoms with E-state index in [1.807, 2.05) is 0 Å². The molecule has 0 amide bonds. The van der Waals surface area contributed by atoms with Gasteiger partial charge in [-0.1, -0.05) is 11.6 Å². The average molecular weight is 303 g/mol. The van der Waals surface area contributed by atoms with Crippen molar-refractivity contribution in [2.75, 3.05) is 0 Å². The number of rotatable bonds is 1. The Bertz CT molecular complexity index is 600. The molecule has 5 heteroatoms. The van der Waals surface area contributed by atoms with Gasteiger partial charge in [-0.2, -0.15) is 0 Å². The first-order chi connectivity index (χ1) is 7.54. The van der Waals surface area contributed by atoms with Crippen molar-refractivity contribution >= 4 is 44.7 Å². The van der Waals surface area contributed by atoms with Gasteiger partial charge in [-0.15, -0.1) is 0 Å². The van der Waals surface area contributed by atoms with Crippen LogP contribution in [0.5, 0.6) is 0 Å². The second-order valence-corrected chi connectivity index (χ2v) is 4.58. The van der Waals surface area contributed by atoms with Crippen LogP contribution in [0.1, 0.15) is 15.9 Å². The molecule has 0 radical (unpaired) electrons. The summed E-state index contributed by atoms with van der Waals surface area (Å²) >= 11 is 8.90. The molecule has 1 heterocycles. The summed E-state index contributed by atoms with van der Waals surface area (Å²) in [5.41, 5.74) is 1.45. The second-order valence-electron chi connectivity index (χ2n) is 3.37. The predicted octanol–water partition coefficient (Wildman–Crippen LogP) is 3.91. The predicted molar refractivity (Wildman–Crippen MR) is 64.5 cm³/mol. The lowest BCUT2D eigenvalue weighted by molar-refractivity contribution is 0.112. The first kappa shape index (κ1) is 11.5. The summed E-state index contributed by atoms with van der Waals surface area (Å²) in [4.78, 5) is 14.7. The first-order valence-electron chi connectivity index (χ1n) is 4.44. The Morgan fingerprint density at radius 1 is 1.50 bits per heavy atom. The van der Waals surface area contributed by atoms with Crippen LogP contribution in [0.2, 0.25) is 5.15 Å². The van der Waals surface area contributed by atoms with Gasteiger partial charge < -0.3 is 0 Å². The summed E-state index contributed by atoms with van der Waals surface area (Å²) in [6.07, 6.45) is 0.560. The highest BCUT2D eigenvalue weighted by Crippen LogP contribution is 2.29. The number of nitrogens with zero attached hydrogens (tertiary/aromatic N) is 1. The summed E-state index contributed by atoms with van der Waals surface area (Å²) < 4.78 is 14.1. The van der Waals surface area contributed by atoms with Crippen molar-refractivity contribution in [1.82, 2.24) is 4.98 Å². The number of hydrogen-bond donors (Lipinski definition) is 0. The highest BCUT2D eigenvalue weighted by Gasteiger charge is 2.12. The molecule has 2 nitrogen and oxygen atoms in total. The van der Waals surface area contributed by atoms with E-state index >= 15 is 0 Å². The normalized spacial score (nSPS) is 10.8. The van der Waals surface area contributed by atoms with E-state index in [1.165, 1.54) is 6.07 Å². The number of halogens is 3. The number of fused-ring (bicyclic) bond motifs is 1. The minimum atomic E-state index is -0.437. The molecule has 0 N–H and O–H groups in total. The van der Waals surface area contributed by atoms with Crippen molar-refractivity contribution in [1.29, 1.82) is 0 Å². The molecule has 0 aliphatic carbocycles. The van der Waals surface area contributed by atoms with Crippen LogP contribution in [0.15, 0.2) is 16.6 Å². The molecule has 0 unspecified atom stereocenters. The van der Waals surface area contributed by atoms with E-state index < -0.39 is 5.82 Å². The molecule has 0 fully saturated rings. The standard InChI is InChI=1S/C11H6BrClFNO/c1-5-2-8(12)9(14)7-3-6(4-16)11(13)15-10(5)7/h2-4H,1H3. The molecule has 0 aliphatic rings. The fourth-order valence-corrected chi connectivity index (χ4v) is 2.25. The Labute approximate surface area is 105 Å². The first-order valence-corrected chi connectivity index (χ1v) is 5.61. The van der Waals surface area contributed by atoms with E-state index in [0.717, 1.165) is 5.56 Å². The summed E-state index contributed by atoms with van der Waals surface area (Å²) in [6, 6.07) is 3.03. The molecule has 0 spiro atoms. The fraction of sp³-hybridized carbons (Fsp3) is 0.0909. The zero-order valence-corrected chi connectivity index (χ0v) is 10.6. The van der Waals surface area contributed by atoms with Crippen molar-refractivity contribution in [2.24, 2.45) is 0 Å². The van der Waals surface area contributed by atoms with Gasteiger partial charge in [0.05, 0.1) is 15.6 Å². The third kappa shape index (κ3) is 1.72. The second kappa shape index (κ2) is 4.11. The quantitative estimate of drug-likeness (QED) is 0.590. The number of pyridine rings is 1. The lowest BCUT2D eigenvalue weighted by Crippen LogP contribution is -1.94. The van der Waals surface area contributed by atoms with Crippen LogP contribution >= 0.6 is 27.5 Å². The molecular weight excluding hydrogens is 296 g/mol. The number of hydrogen-bond acceptors (Lipinski definition) is 2. The summed E-state index contributed by atoms with van der Waals surface area (Å²) in [6.45, 7) is 1.80. The molecule has 0 saturated heterocycles. The molecule has 2 rings (SSSR count). The third-order valence-corrected chi connectivity index (χ3v) is 3.17. The molecule has 2 aromatic rings. The smallest absolute Gasteiger partial charge is 0.153 e. The van der Waals surface area contributed by atoms with Crippen LogP contribution < -0.4 is 0 Å². The molecule has 0 saturated carbocycles. The minimum Gasteiger partial charge on any atom is -0.298 e. The van der Waals surface area contributed by atoms with Gasteiger partial charge in [-0.25, -0.2) is 9.37 Å². The Kier molecular flexibility index (Phi) is 2.95. The lowest BCUT2D eigenvalue weighted by Gasteiger charge is -2.06. The Balaban J connectivity index is 2.96. The number of benzene rings is 1. The van der Waals surface area contributed by atoms with Crippen molar-refractivity contribution in [3.63, 3.8) is 0 Å². The van der Waals surface area contributed by atoms with Crippen molar-refractivity contribution in [2.45, 2.75) is 6.92 Å². The number of carbonyl (C=O) groups is 1. The van der Waals surface area contributed by atoms with Gasteiger partial charge in [0.1, 0.15) is 11.0 Å². The van der Waals surface area contributed by atoms with Crippen LogP contribution in [0.3, 0.4) is 0 Å². The van der Waals surface area contributed by atoms with Gasteiger partial charge in [0.15, 0.2) is 6.29 Å². The molecule has 16 heavy (non-hydrogen) atoms. The lowest BCUT2D eigenvalue weighted by atomic mass is 10.1. The van der Waals surface area contributed by atoms with E-state index in [2.05, 4.69) is 20.9 Å². The van der Waals surface area contributed by atoms with Gasteiger partial charge in [0, 0.05) is 5.39 Å². The maximum Gasteiger partial charge on any atom is 0.153 e. The Hall–Kier alpha value is -1.00. The summed E-state index contributed by atoms with van der Waals surface area (Å²) in [5, 5.41) is 0.380. The van der Waals surface area contributed by atoms with E-state index in [4.69, 9.17) is 11.6 Å². The molecule has 0 atom stereocenters. The maximum atomic E-state index is 13.8. The number of carbonyl (C=O) groups excluding carboxylic acids is 1. The van der Waals surface area contributed by atoms with Crippen LogP contribution in [0, 0.1) is 12.7 Å². The molecular formula is C11H6BrClFNO. The number of aldehydes is 1. The van der Waals surface area contributed by atoms with Crippen LogP contribution in [-0.2, 0) is 0 Å². The van der Waals surface area contributed by atoms with Gasteiger partial charge in [0.2, 0.25) is 0 Å². The maximum absolute atomic E-state index is 13.8. The number of aryl methyl sites for hydroxylation is 1. The molecule has 1 aromatic carbocycles. The zero-order chi connectivity index (χ0) is 11.9. The molecule has 82 valence electrons. The van der Waals surface area contributed by atoms with Crippen molar-refractivity contribution in [3.8, 4) is 0 Å². The van der Waals surface area contributed by atoms with Crippen molar-refractivity contribution < 1.29 is 9.18 Å². The molecule has 0 aliphatic heterocycles. The highest BCUT2D eigenvalue weighted by molar-refractivity contribution is 9.10. The minimum absolute atomic E-state index is 0.0901. The van der Waals surface area contributed by atoms with E-state index in [1.54, 1.807) is 13.0 Å². The Morgan fingerprint density at radius 2 is 2.19 bits per heavy atom. The SMILES string of the molecule is Cc1cc(Br)c(F)c2cc(C=O)c(Cl)nc12. The van der Waals surface area contributed by atoms with Gasteiger partial charge >= 0.3 is 0 Å². The summed E-state index contributed by atoms with van der Waals surface area (Å²) in [5.74, 6) is -0.437. The summed E-state index contributed by atoms with van der Waals surface area (Å²) in [7, 11) is 0. The number of aromatic nitrogens is 1. The molecule has 1 aromatic heterocycles. The average Bonchev–Trinajstić information content (AvgIpc) is 2.25. The van der Waals surface area contributed by atoms with Gasteiger partial charge in [-0.3, -0.25) is 4.79 Å². The van der Waals surface area contributed by atoms with Crippen molar-refractivity contribution in [3.05, 3.63) is 38.7 Å². The Morgan fingerprint density at radius 3 is 2.81 bits per heavy atom. The van der Waals surface area contributed by atoms with Gasteiger partial charge in [0.25, 0.3) is 0 Å². The van der Waals surface area contributed by atoms with Crippen LogP contribution in [0.25, 0.3) is 10.9 Å². The fourth-order valence-electron chi connectivity index (χ4n) is 1.51. The monoisotopic (exact) mass is 301 g/mol. The van der Waals surface area contributed by atoms with E-state index in [-0.39, 0.29) is 10.7 Å². The van der Waals surface area contributed by atoms with Crippen LogP contribution in [0.4, 0.5) is 4.39 Å². The topological polar surface area (TPSA) is 30.0 Å². The van der Waals surface area contributed by atoms with E-state index in [0.29, 0.717) is 21.7 Å². The largest absolute Gasteiger partial charge is 0.298 e. The molecule has 0 bridgehead atoms. The third-order valence-electron chi connectivity index (χ3n) is 2.29. The van der Waals surface area contributed by atoms with E-state index in [9.17, 15) is 9.18 Å². The van der Waals surface area contributed by atoms with Crippen LogP contribution in [-0.4, -0.2) is 11.3 Å². The van der Waals surface area contributed by atoms with Gasteiger partial charge in [-0.05, 0) is 40.5 Å². The zero-order valence-electron chi connectivity index (χ0n) is 8.22.